The quantitative estimate of drug-likeness (QED) is 0.746. The Morgan fingerprint density at radius 1 is 1.35 bits per heavy atom. The van der Waals surface area contributed by atoms with E-state index >= 15 is 0 Å². The first-order chi connectivity index (χ1) is 8.00. The SMILES string of the molecule is CC(C)(C)C(=O)N1CCC[C@H]1c1ccncc1. The standard InChI is InChI=1S/C14H20N2O/c1-14(2,3)13(17)16-10-4-5-12(16)11-6-8-15-9-7-11/h6-9,12H,4-5,10H2,1-3H3/t12-/m0/s1. The molecule has 0 aromatic carbocycles. The lowest BCUT2D eigenvalue weighted by atomic mass is 9.93. The highest BCUT2D eigenvalue weighted by Gasteiger charge is 2.35. The average molecular weight is 232 g/mol. The van der Waals surface area contributed by atoms with Crippen molar-refractivity contribution in [3.8, 4) is 0 Å². The van der Waals surface area contributed by atoms with Crippen molar-refractivity contribution in [1.29, 1.82) is 0 Å². The summed E-state index contributed by atoms with van der Waals surface area (Å²) in [5.74, 6) is 0.247. The molecule has 17 heavy (non-hydrogen) atoms. The van der Waals surface area contributed by atoms with Gasteiger partial charge in [-0.1, -0.05) is 20.8 Å². The highest BCUT2D eigenvalue weighted by Crippen LogP contribution is 2.34. The van der Waals surface area contributed by atoms with Crippen molar-refractivity contribution < 1.29 is 4.79 Å². The third-order valence-electron chi connectivity index (χ3n) is 3.25. The van der Waals surface area contributed by atoms with Crippen LogP contribution in [0.5, 0.6) is 0 Å². The number of pyridine rings is 1. The molecule has 2 rings (SSSR count). The minimum atomic E-state index is -0.296. The molecule has 1 atom stereocenters. The summed E-state index contributed by atoms with van der Waals surface area (Å²) >= 11 is 0. The van der Waals surface area contributed by atoms with Crippen LogP contribution >= 0.6 is 0 Å². The number of carbonyl (C=O) groups is 1. The van der Waals surface area contributed by atoms with Crippen LogP contribution in [0.15, 0.2) is 24.5 Å². The second kappa shape index (κ2) is 4.47. The van der Waals surface area contributed by atoms with Gasteiger partial charge in [-0.2, -0.15) is 0 Å². The Kier molecular flexibility index (Phi) is 3.18. The smallest absolute Gasteiger partial charge is 0.228 e. The molecular weight excluding hydrogens is 212 g/mol. The van der Waals surface area contributed by atoms with Crippen molar-refractivity contribution in [3.05, 3.63) is 30.1 Å². The maximum Gasteiger partial charge on any atom is 0.228 e. The Bertz CT molecular complexity index is 394. The second-order valence-electron chi connectivity index (χ2n) is 5.69. The molecule has 2 heterocycles. The first-order valence-electron chi connectivity index (χ1n) is 6.21. The van der Waals surface area contributed by atoms with Gasteiger partial charge < -0.3 is 4.90 Å². The van der Waals surface area contributed by atoms with E-state index in [9.17, 15) is 4.79 Å². The van der Waals surface area contributed by atoms with E-state index in [-0.39, 0.29) is 17.4 Å². The van der Waals surface area contributed by atoms with Crippen LogP contribution in [0, 0.1) is 5.41 Å². The molecule has 92 valence electrons. The molecular formula is C14H20N2O. The van der Waals surface area contributed by atoms with E-state index in [1.165, 1.54) is 5.56 Å². The molecule has 1 amide bonds. The van der Waals surface area contributed by atoms with Crippen molar-refractivity contribution in [2.75, 3.05) is 6.54 Å². The summed E-state index contributed by atoms with van der Waals surface area (Å²) in [6.07, 6.45) is 5.75. The summed E-state index contributed by atoms with van der Waals surface area (Å²) in [5.41, 5.74) is 0.908. The normalized spacial score (nSPS) is 20.6. The number of carbonyl (C=O) groups excluding carboxylic acids is 1. The summed E-state index contributed by atoms with van der Waals surface area (Å²) in [4.78, 5) is 18.4. The number of nitrogens with zero attached hydrogens (tertiary/aromatic N) is 2. The van der Waals surface area contributed by atoms with Gasteiger partial charge in [0.05, 0.1) is 6.04 Å². The van der Waals surface area contributed by atoms with Gasteiger partial charge in [-0.05, 0) is 30.5 Å². The predicted molar refractivity (Wildman–Crippen MR) is 67.4 cm³/mol. The zero-order valence-corrected chi connectivity index (χ0v) is 10.8. The summed E-state index contributed by atoms with van der Waals surface area (Å²) < 4.78 is 0. The topological polar surface area (TPSA) is 33.2 Å². The Balaban J connectivity index is 2.22. The molecule has 0 spiro atoms. The lowest BCUT2D eigenvalue weighted by molar-refractivity contribution is -0.140. The fraction of sp³-hybridized carbons (Fsp3) is 0.571. The molecule has 3 heteroatoms. The molecule has 0 aliphatic carbocycles. The number of amides is 1. The molecule has 1 aliphatic rings. The molecule has 1 aromatic heterocycles. The monoisotopic (exact) mass is 232 g/mol. The Labute approximate surface area is 103 Å². The van der Waals surface area contributed by atoms with Gasteiger partial charge in [0.15, 0.2) is 0 Å². The van der Waals surface area contributed by atoms with Gasteiger partial charge in [0.25, 0.3) is 0 Å². The number of rotatable bonds is 1. The van der Waals surface area contributed by atoms with Crippen molar-refractivity contribution >= 4 is 5.91 Å². The summed E-state index contributed by atoms with van der Waals surface area (Å²) in [6.45, 7) is 6.83. The van der Waals surface area contributed by atoms with Crippen LogP contribution in [0.1, 0.15) is 45.2 Å². The third kappa shape index (κ3) is 2.48. The zero-order chi connectivity index (χ0) is 12.5. The van der Waals surface area contributed by atoms with Gasteiger partial charge in [0.1, 0.15) is 0 Å². The van der Waals surface area contributed by atoms with E-state index in [1.807, 2.05) is 37.8 Å². The van der Waals surface area contributed by atoms with Crippen LogP contribution < -0.4 is 0 Å². The average Bonchev–Trinajstić information content (AvgIpc) is 2.76. The Hall–Kier alpha value is -1.38. The fourth-order valence-electron chi connectivity index (χ4n) is 2.37. The van der Waals surface area contributed by atoms with E-state index in [1.54, 1.807) is 12.4 Å². The van der Waals surface area contributed by atoms with Gasteiger partial charge in [0.2, 0.25) is 5.91 Å². The minimum absolute atomic E-state index is 0.240. The molecule has 0 unspecified atom stereocenters. The Morgan fingerprint density at radius 3 is 2.59 bits per heavy atom. The van der Waals surface area contributed by atoms with Crippen LogP contribution in [-0.4, -0.2) is 22.3 Å². The maximum absolute atomic E-state index is 12.4. The maximum atomic E-state index is 12.4. The number of aromatic nitrogens is 1. The van der Waals surface area contributed by atoms with Crippen LogP contribution in [0.25, 0.3) is 0 Å². The van der Waals surface area contributed by atoms with E-state index in [0.717, 1.165) is 19.4 Å². The van der Waals surface area contributed by atoms with Gasteiger partial charge in [0, 0.05) is 24.4 Å². The van der Waals surface area contributed by atoms with Crippen LogP contribution in [0.2, 0.25) is 0 Å². The molecule has 0 radical (unpaired) electrons. The fourth-order valence-corrected chi connectivity index (χ4v) is 2.37. The summed E-state index contributed by atoms with van der Waals surface area (Å²) in [6, 6.07) is 4.27. The van der Waals surface area contributed by atoms with Crippen LogP contribution in [0.4, 0.5) is 0 Å². The summed E-state index contributed by atoms with van der Waals surface area (Å²) in [7, 11) is 0. The highest BCUT2D eigenvalue weighted by atomic mass is 16.2. The molecule has 0 bridgehead atoms. The minimum Gasteiger partial charge on any atom is -0.335 e. The van der Waals surface area contributed by atoms with E-state index in [2.05, 4.69) is 4.98 Å². The van der Waals surface area contributed by atoms with Crippen LogP contribution in [0.3, 0.4) is 0 Å². The van der Waals surface area contributed by atoms with Crippen LogP contribution in [-0.2, 0) is 4.79 Å². The lowest BCUT2D eigenvalue weighted by Gasteiger charge is -2.31. The van der Waals surface area contributed by atoms with Gasteiger partial charge >= 0.3 is 0 Å². The third-order valence-corrected chi connectivity index (χ3v) is 3.25. The summed E-state index contributed by atoms with van der Waals surface area (Å²) in [5, 5.41) is 0. The van der Waals surface area contributed by atoms with Gasteiger partial charge in [-0.15, -0.1) is 0 Å². The number of hydrogen-bond acceptors (Lipinski definition) is 2. The van der Waals surface area contributed by atoms with Crippen molar-refractivity contribution in [2.24, 2.45) is 5.41 Å². The molecule has 1 aliphatic heterocycles. The molecule has 1 saturated heterocycles. The molecule has 1 aromatic rings. The lowest BCUT2D eigenvalue weighted by Crippen LogP contribution is -2.38. The largest absolute Gasteiger partial charge is 0.335 e. The van der Waals surface area contributed by atoms with Crippen molar-refractivity contribution in [1.82, 2.24) is 9.88 Å². The van der Waals surface area contributed by atoms with Gasteiger partial charge in [-0.25, -0.2) is 0 Å². The molecule has 0 saturated carbocycles. The molecule has 0 N–H and O–H groups in total. The van der Waals surface area contributed by atoms with Gasteiger partial charge in [-0.3, -0.25) is 9.78 Å². The van der Waals surface area contributed by atoms with Crippen molar-refractivity contribution in [3.63, 3.8) is 0 Å². The van der Waals surface area contributed by atoms with E-state index in [4.69, 9.17) is 0 Å². The number of hydrogen-bond donors (Lipinski definition) is 0. The predicted octanol–water partition coefficient (Wildman–Crippen LogP) is 2.79. The highest BCUT2D eigenvalue weighted by molar-refractivity contribution is 5.82. The molecule has 3 nitrogen and oxygen atoms in total. The molecule has 1 fully saturated rings. The first-order valence-corrected chi connectivity index (χ1v) is 6.21. The zero-order valence-electron chi connectivity index (χ0n) is 10.8. The van der Waals surface area contributed by atoms with E-state index < -0.39 is 0 Å². The number of likely N-dealkylation sites (tertiary alicyclic amines) is 1. The Morgan fingerprint density at radius 2 is 2.00 bits per heavy atom. The second-order valence-corrected chi connectivity index (χ2v) is 5.69. The van der Waals surface area contributed by atoms with E-state index in [0.29, 0.717) is 0 Å². The first kappa shape index (κ1) is 12.1. The van der Waals surface area contributed by atoms with Crippen molar-refractivity contribution in [2.45, 2.75) is 39.7 Å².